The Balaban J connectivity index is 2.65. The van der Waals surface area contributed by atoms with Gasteiger partial charge in [0, 0.05) is 0 Å². The van der Waals surface area contributed by atoms with Gasteiger partial charge < -0.3 is 11.1 Å². The Kier molecular flexibility index (Phi) is 3.80. The van der Waals surface area contributed by atoms with Crippen LogP contribution in [-0.2, 0) is 4.79 Å². The number of carbonyl (C=O) groups excluding carboxylic acids is 1. The van der Waals surface area contributed by atoms with Gasteiger partial charge in [-0.25, -0.2) is 4.39 Å². The SMILES string of the molecule is C[C@H](N)C(=O)N[C@@H](C)c1ccc(F)cc1. The Bertz CT molecular complexity index is 335. The van der Waals surface area contributed by atoms with E-state index in [2.05, 4.69) is 5.32 Å². The number of amides is 1. The summed E-state index contributed by atoms with van der Waals surface area (Å²) in [6, 6.07) is 5.31. The van der Waals surface area contributed by atoms with Crippen molar-refractivity contribution in [1.29, 1.82) is 0 Å². The minimum Gasteiger partial charge on any atom is -0.348 e. The van der Waals surface area contributed by atoms with Gasteiger partial charge in [-0.3, -0.25) is 4.79 Å². The van der Waals surface area contributed by atoms with Crippen molar-refractivity contribution >= 4 is 5.91 Å². The second-order valence-corrected chi connectivity index (χ2v) is 3.57. The van der Waals surface area contributed by atoms with E-state index in [4.69, 9.17) is 5.73 Å². The van der Waals surface area contributed by atoms with Gasteiger partial charge in [0.15, 0.2) is 0 Å². The second kappa shape index (κ2) is 4.89. The van der Waals surface area contributed by atoms with Gasteiger partial charge in [0.1, 0.15) is 5.82 Å². The smallest absolute Gasteiger partial charge is 0.237 e. The maximum Gasteiger partial charge on any atom is 0.237 e. The van der Waals surface area contributed by atoms with Crippen molar-refractivity contribution in [3.05, 3.63) is 35.6 Å². The lowest BCUT2D eigenvalue weighted by atomic mass is 10.1. The molecule has 1 aromatic carbocycles. The van der Waals surface area contributed by atoms with E-state index in [1.54, 1.807) is 19.1 Å². The lowest BCUT2D eigenvalue weighted by Crippen LogP contribution is -2.39. The van der Waals surface area contributed by atoms with Crippen LogP contribution in [0.4, 0.5) is 4.39 Å². The van der Waals surface area contributed by atoms with Gasteiger partial charge in [0.05, 0.1) is 12.1 Å². The molecule has 1 rings (SSSR count). The maximum absolute atomic E-state index is 12.6. The maximum atomic E-state index is 12.6. The number of nitrogens with two attached hydrogens (primary N) is 1. The number of halogens is 1. The van der Waals surface area contributed by atoms with Gasteiger partial charge in [0.25, 0.3) is 0 Å². The Hall–Kier alpha value is -1.42. The summed E-state index contributed by atoms with van der Waals surface area (Å²) in [6.45, 7) is 3.44. The number of hydrogen-bond donors (Lipinski definition) is 2. The quantitative estimate of drug-likeness (QED) is 0.791. The van der Waals surface area contributed by atoms with Crippen LogP contribution in [0.25, 0.3) is 0 Å². The predicted octanol–water partition coefficient (Wildman–Crippen LogP) is 1.35. The molecule has 0 radical (unpaired) electrons. The summed E-state index contributed by atoms with van der Waals surface area (Å²) in [4.78, 5) is 11.3. The minimum absolute atomic E-state index is 0.163. The van der Waals surface area contributed by atoms with Crippen LogP contribution in [0.3, 0.4) is 0 Å². The first-order valence-electron chi connectivity index (χ1n) is 4.82. The van der Waals surface area contributed by atoms with Crippen LogP contribution in [-0.4, -0.2) is 11.9 Å². The zero-order chi connectivity index (χ0) is 11.4. The molecule has 0 spiro atoms. The molecule has 15 heavy (non-hydrogen) atoms. The van der Waals surface area contributed by atoms with E-state index >= 15 is 0 Å². The highest BCUT2D eigenvalue weighted by Crippen LogP contribution is 2.12. The fraction of sp³-hybridized carbons (Fsp3) is 0.364. The van der Waals surface area contributed by atoms with E-state index < -0.39 is 6.04 Å². The molecular formula is C11H15FN2O. The van der Waals surface area contributed by atoms with Gasteiger partial charge in [0.2, 0.25) is 5.91 Å². The van der Waals surface area contributed by atoms with E-state index in [1.807, 2.05) is 6.92 Å². The third-order valence-electron chi connectivity index (χ3n) is 2.14. The average Bonchev–Trinajstić information content (AvgIpc) is 2.18. The number of carbonyl (C=O) groups is 1. The molecule has 0 aromatic heterocycles. The first kappa shape index (κ1) is 11.7. The van der Waals surface area contributed by atoms with Crippen molar-refractivity contribution in [1.82, 2.24) is 5.32 Å². The summed E-state index contributed by atoms with van der Waals surface area (Å²) in [6.07, 6.45) is 0. The Labute approximate surface area is 88.5 Å². The summed E-state index contributed by atoms with van der Waals surface area (Å²) in [7, 11) is 0. The van der Waals surface area contributed by atoms with Crippen LogP contribution in [0.15, 0.2) is 24.3 Å². The molecule has 0 saturated heterocycles. The molecule has 1 amide bonds. The molecule has 0 saturated carbocycles. The van der Waals surface area contributed by atoms with Gasteiger partial charge in [-0.2, -0.15) is 0 Å². The van der Waals surface area contributed by atoms with Crippen LogP contribution in [0.1, 0.15) is 25.5 Å². The molecular weight excluding hydrogens is 195 g/mol. The molecule has 0 aliphatic heterocycles. The Morgan fingerprint density at radius 2 is 1.87 bits per heavy atom. The number of nitrogens with one attached hydrogen (secondary N) is 1. The fourth-order valence-corrected chi connectivity index (χ4v) is 1.18. The fourth-order valence-electron chi connectivity index (χ4n) is 1.18. The van der Waals surface area contributed by atoms with Gasteiger partial charge >= 0.3 is 0 Å². The van der Waals surface area contributed by atoms with Crippen LogP contribution < -0.4 is 11.1 Å². The molecule has 2 atom stereocenters. The van der Waals surface area contributed by atoms with Crippen LogP contribution in [0, 0.1) is 5.82 Å². The molecule has 0 fully saturated rings. The molecule has 0 aliphatic carbocycles. The van der Waals surface area contributed by atoms with Crippen molar-refractivity contribution in [2.45, 2.75) is 25.9 Å². The van der Waals surface area contributed by atoms with E-state index in [1.165, 1.54) is 12.1 Å². The van der Waals surface area contributed by atoms with E-state index in [9.17, 15) is 9.18 Å². The van der Waals surface area contributed by atoms with Crippen molar-refractivity contribution in [2.24, 2.45) is 5.73 Å². The van der Waals surface area contributed by atoms with Gasteiger partial charge in [-0.1, -0.05) is 12.1 Å². The monoisotopic (exact) mass is 210 g/mol. The molecule has 4 heteroatoms. The number of benzene rings is 1. The average molecular weight is 210 g/mol. The number of hydrogen-bond acceptors (Lipinski definition) is 2. The predicted molar refractivity (Wildman–Crippen MR) is 56.6 cm³/mol. The van der Waals surface area contributed by atoms with Crippen molar-refractivity contribution in [2.75, 3.05) is 0 Å². The highest BCUT2D eigenvalue weighted by atomic mass is 19.1. The van der Waals surface area contributed by atoms with E-state index in [0.717, 1.165) is 5.56 Å². The molecule has 1 aromatic rings. The lowest BCUT2D eigenvalue weighted by molar-refractivity contribution is -0.122. The molecule has 3 nitrogen and oxygen atoms in total. The zero-order valence-corrected chi connectivity index (χ0v) is 8.83. The van der Waals surface area contributed by atoms with Crippen LogP contribution in [0.2, 0.25) is 0 Å². The summed E-state index contributed by atoms with van der Waals surface area (Å²) in [5.74, 6) is -0.503. The third kappa shape index (κ3) is 3.32. The highest BCUT2D eigenvalue weighted by Gasteiger charge is 2.12. The minimum atomic E-state index is -0.534. The first-order chi connectivity index (χ1) is 7.00. The summed E-state index contributed by atoms with van der Waals surface area (Å²) >= 11 is 0. The van der Waals surface area contributed by atoms with Crippen LogP contribution in [0.5, 0.6) is 0 Å². The first-order valence-corrected chi connectivity index (χ1v) is 4.82. The second-order valence-electron chi connectivity index (χ2n) is 3.57. The highest BCUT2D eigenvalue weighted by molar-refractivity contribution is 5.81. The summed E-state index contributed by atoms with van der Waals surface area (Å²) in [5.41, 5.74) is 6.27. The van der Waals surface area contributed by atoms with Crippen molar-refractivity contribution < 1.29 is 9.18 Å². The van der Waals surface area contributed by atoms with Gasteiger partial charge in [-0.15, -0.1) is 0 Å². The summed E-state index contributed by atoms with van der Waals surface area (Å²) in [5, 5.41) is 2.73. The molecule has 0 bridgehead atoms. The zero-order valence-electron chi connectivity index (χ0n) is 8.83. The Morgan fingerprint density at radius 3 is 2.33 bits per heavy atom. The normalized spacial score (nSPS) is 14.4. The summed E-state index contributed by atoms with van der Waals surface area (Å²) < 4.78 is 12.6. The topological polar surface area (TPSA) is 55.1 Å². The standard InChI is InChI=1S/C11H15FN2O/c1-7(13)11(15)14-8(2)9-3-5-10(12)6-4-9/h3-8H,13H2,1-2H3,(H,14,15)/t7-,8-/m0/s1. The van der Waals surface area contributed by atoms with Crippen molar-refractivity contribution in [3.63, 3.8) is 0 Å². The van der Waals surface area contributed by atoms with Crippen molar-refractivity contribution in [3.8, 4) is 0 Å². The van der Waals surface area contributed by atoms with E-state index in [-0.39, 0.29) is 17.8 Å². The molecule has 0 unspecified atom stereocenters. The molecule has 3 N–H and O–H groups in total. The molecule has 0 heterocycles. The number of rotatable bonds is 3. The Morgan fingerprint density at radius 1 is 1.33 bits per heavy atom. The lowest BCUT2D eigenvalue weighted by Gasteiger charge is -2.15. The third-order valence-corrected chi connectivity index (χ3v) is 2.14. The largest absolute Gasteiger partial charge is 0.348 e. The van der Waals surface area contributed by atoms with Crippen LogP contribution >= 0.6 is 0 Å². The molecule has 82 valence electrons. The van der Waals surface area contributed by atoms with E-state index in [0.29, 0.717) is 0 Å². The molecule has 0 aliphatic rings. The van der Waals surface area contributed by atoms with Gasteiger partial charge in [-0.05, 0) is 31.5 Å².